The Morgan fingerprint density at radius 3 is 2.38 bits per heavy atom. The average molecular weight is 498 g/mol. The van der Waals surface area contributed by atoms with E-state index in [4.69, 9.17) is 0 Å². The highest BCUT2D eigenvalue weighted by atomic mass is 32.2. The fourth-order valence-corrected chi connectivity index (χ4v) is 4.68. The minimum absolute atomic E-state index is 0.0199. The van der Waals surface area contributed by atoms with Crippen LogP contribution in [0.15, 0.2) is 53.4 Å². The Labute approximate surface area is 196 Å². The first-order chi connectivity index (χ1) is 15.9. The molecule has 0 saturated carbocycles. The van der Waals surface area contributed by atoms with E-state index in [2.05, 4.69) is 5.32 Å². The lowest BCUT2D eigenvalue weighted by molar-refractivity contribution is -0.137. The molecule has 0 bridgehead atoms. The largest absolute Gasteiger partial charge is 0.416 e. The van der Waals surface area contributed by atoms with Gasteiger partial charge in [0.2, 0.25) is 15.9 Å². The summed E-state index contributed by atoms with van der Waals surface area (Å²) >= 11 is 0. The van der Waals surface area contributed by atoms with E-state index in [1.807, 2.05) is 0 Å². The maximum atomic E-state index is 13.2. The van der Waals surface area contributed by atoms with E-state index < -0.39 is 39.6 Å². The summed E-state index contributed by atoms with van der Waals surface area (Å²) in [6, 6.07) is 9.41. The lowest BCUT2D eigenvalue weighted by Gasteiger charge is -2.35. The Morgan fingerprint density at radius 2 is 1.76 bits per heavy atom. The van der Waals surface area contributed by atoms with Gasteiger partial charge in [0, 0.05) is 32.7 Å². The van der Waals surface area contributed by atoms with Crippen LogP contribution in [0, 0.1) is 0 Å². The molecule has 1 saturated heterocycles. The van der Waals surface area contributed by atoms with Gasteiger partial charge >= 0.3 is 6.18 Å². The van der Waals surface area contributed by atoms with Crippen LogP contribution in [0.5, 0.6) is 0 Å². The first kappa shape index (κ1) is 25.7. The molecule has 0 aromatic heterocycles. The maximum Gasteiger partial charge on any atom is 0.416 e. The van der Waals surface area contributed by atoms with Crippen LogP contribution in [0.2, 0.25) is 0 Å². The third-order valence-corrected chi connectivity index (χ3v) is 7.48. The summed E-state index contributed by atoms with van der Waals surface area (Å²) in [4.78, 5) is 27.5. The van der Waals surface area contributed by atoms with Crippen LogP contribution >= 0.6 is 0 Å². The monoisotopic (exact) mass is 497 g/mol. The van der Waals surface area contributed by atoms with Gasteiger partial charge in [-0.2, -0.15) is 13.2 Å². The Kier molecular flexibility index (Phi) is 7.67. The highest BCUT2D eigenvalue weighted by molar-refractivity contribution is 7.89. The Bertz CT molecular complexity index is 1150. The molecule has 2 aromatic rings. The summed E-state index contributed by atoms with van der Waals surface area (Å²) in [6.07, 6.45) is -2.57. The van der Waals surface area contributed by atoms with Crippen LogP contribution in [0.25, 0.3) is 0 Å². The molecule has 3 rings (SSSR count). The van der Waals surface area contributed by atoms with Crippen molar-refractivity contribution in [3.05, 3.63) is 65.2 Å². The molecule has 1 aliphatic rings. The van der Waals surface area contributed by atoms with Crippen LogP contribution in [0.4, 0.5) is 13.2 Å². The lowest BCUT2D eigenvalue weighted by Crippen LogP contribution is -2.51. The second-order valence-electron chi connectivity index (χ2n) is 8.24. The highest BCUT2D eigenvalue weighted by Gasteiger charge is 2.33. The molecular formula is C23H26F3N3O4S. The van der Waals surface area contributed by atoms with Crippen molar-refractivity contribution in [3.63, 3.8) is 0 Å². The second-order valence-corrected chi connectivity index (χ2v) is 10.4. The quantitative estimate of drug-likeness (QED) is 0.664. The Balaban J connectivity index is 1.73. The molecule has 1 heterocycles. The van der Waals surface area contributed by atoms with Gasteiger partial charge in [-0.25, -0.2) is 12.7 Å². The number of likely N-dealkylation sites (tertiary alicyclic amines) is 1. The summed E-state index contributed by atoms with van der Waals surface area (Å²) in [5.41, 5.74) is -0.118. The highest BCUT2D eigenvalue weighted by Crippen LogP contribution is 2.29. The first-order valence-corrected chi connectivity index (χ1v) is 12.1. The summed E-state index contributed by atoms with van der Waals surface area (Å²) in [6.45, 7) is 0.355. The van der Waals surface area contributed by atoms with Crippen LogP contribution in [0.3, 0.4) is 0 Å². The van der Waals surface area contributed by atoms with E-state index in [9.17, 15) is 31.2 Å². The molecule has 1 atom stereocenters. The molecular weight excluding hydrogens is 471 g/mol. The summed E-state index contributed by atoms with van der Waals surface area (Å²) < 4.78 is 64.1. The number of hydrogen-bond donors (Lipinski definition) is 1. The number of carbonyl (C=O) groups is 2. The standard InChI is InChI=1S/C23H26F3N3O4S/c1-28(2)34(32,33)19-7-5-6-17(14-19)22(31)29-13-4-3-8-20(29)21(30)27-15-16-9-11-18(12-10-16)23(24,25)26/h5-7,9-12,14,20H,3-4,8,13,15H2,1-2H3,(H,27,30). The van der Waals surface area contributed by atoms with E-state index in [0.29, 0.717) is 24.9 Å². The number of rotatable bonds is 6. The molecule has 7 nitrogen and oxygen atoms in total. The first-order valence-electron chi connectivity index (χ1n) is 10.7. The summed E-state index contributed by atoms with van der Waals surface area (Å²) in [5, 5.41) is 2.70. The van der Waals surface area contributed by atoms with Gasteiger partial charge in [-0.1, -0.05) is 18.2 Å². The number of halogens is 3. The number of alkyl halides is 3. The summed E-state index contributed by atoms with van der Waals surface area (Å²) in [7, 11) is -0.944. The average Bonchev–Trinajstić information content (AvgIpc) is 2.81. The van der Waals surface area contributed by atoms with Crippen molar-refractivity contribution in [2.24, 2.45) is 0 Å². The van der Waals surface area contributed by atoms with Gasteiger partial charge < -0.3 is 10.2 Å². The number of piperidine rings is 1. The molecule has 0 radical (unpaired) electrons. The number of nitrogens with one attached hydrogen (secondary N) is 1. The third kappa shape index (κ3) is 5.76. The zero-order valence-electron chi connectivity index (χ0n) is 18.8. The van der Waals surface area contributed by atoms with Crippen molar-refractivity contribution in [2.45, 2.75) is 42.9 Å². The SMILES string of the molecule is CN(C)S(=O)(=O)c1cccc(C(=O)N2CCCCC2C(=O)NCc2ccc(C(F)(F)F)cc2)c1. The van der Waals surface area contributed by atoms with Crippen molar-refractivity contribution < 1.29 is 31.2 Å². The van der Waals surface area contributed by atoms with E-state index in [1.165, 1.54) is 55.4 Å². The van der Waals surface area contributed by atoms with Gasteiger partial charge in [0.15, 0.2) is 0 Å². The molecule has 2 aromatic carbocycles. The van der Waals surface area contributed by atoms with Gasteiger partial charge in [-0.15, -0.1) is 0 Å². The minimum Gasteiger partial charge on any atom is -0.350 e. The third-order valence-electron chi connectivity index (χ3n) is 5.67. The van der Waals surface area contributed by atoms with E-state index in [0.717, 1.165) is 22.9 Å². The fourth-order valence-electron chi connectivity index (χ4n) is 3.73. The molecule has 34 heavy (non-hydrogen) atoms. The van der Waals surface area contributed by atoms with Gasteiger partial charge in [0.05, 0.1) is 10.5 Å². The van der Waals surface area contributed by atoms with Gasteiger partial charge in [-0.3, -0.25) is 9.59 Å². The minimum atomic E-state index is -4.44. The number of hydrogen-bond acceptors (Lipinski definition) is 4. The van der Waals surface area contributed by atoms with E-state index in [-0.39, 0.29) is 17.0 Å². The van der Waals surface area contributed by atoms with Gasteiger partial charge in [0.25, 0.3) is 5.91 Å². The van der Waals surface area contributed by atoms with Gasteiger partial charge in [-0.05, 0) is 55.2 Å². The van der Waals surface area contributed by atoms with Crippen LogP contribution in [-0.2, 0) is 27.5 Å². The molecule has 1 aliphatic heterocycles. The predicted molar refractivity (Wildman–Crippen MR) is 119 cm³/mol. The van der Waals surface area contributed by atoms with Gasteiger partial charge in [0.1, 0.15) is 6.04 Å². The van der Waals surface area contributed by atoms with Crippen molar-refractivity contribution in [1.29, 1.82) is 0 Å². The van der Waals surface area contributed by atoms with Crippen molar-refractivity contribution in [2.75, 3.05) is 20.6 Å². The van der Waals surface area contributed by atoms with Crippen LogP contribution < -0.4 is 5.32 Å². The van der Waals surface area contributed by atoms with Crippen LogP contribution in [0.1, 0.15) is 40.7 Å². The predicted octanol–water partition coefficient (Wildman–Crippen LogP) is 3.27. The van der Waals surface area contributed by atoms with E-state index >= 15 is 0 Å². The number of benzene rings is 2. The number of nitrogens with zero attached hydrogens (tertiary/aromatic N) is 2. The number of sulfonamides is 1. The second kappa shape index (κ2) is 10.1. The zero-order chi connectivity index (χ0) is 25.1. The number of carbonyl (C=O) groups excluding carboxylic acids is 2. The molecule has 184 valence electrons. The fraction of sp³-hybridized carbons (Fsp3) is 0.391. The normalized spacial score (nSPS) is 17.0. The molecule has 0 aliphatic carbocycles. The lowest BCUT2D eigenvalue weighted by atomic mass is 9.99. The molecule has 2 amide bonds. The molecule has 0 spiro atoms. The molecule has 1 fully saturated rings. The molecule has 1 unspecified atom stereocenters. The van der Waals surface area contributed by atoms with E-state index in [1.54, 1.807) is 0 Å². The maximum absolute atomic E-state index is 13.2. The smallest absolute Gasteiger partial charge is 0.350 e. The van der Waals surface area contributed by atoms with Crippen molar-refractivity contribution in [3.8, 4) is 0 Å². The van der Waals surface area contributed by atoms with Crippen LogP contribution in [-0.4, -0.2) is 56.1 Å². The Hall–Kier alpha value is -2.92. The molecule has 1 N–H and O–H groups in total. The summed E-state index contributed by atoms with van der Waals surface area (Å²) in [5.74, 6) is -0.866. The number of amides is 2. The van der Waals surface area contributed by atoms with Crippen molar-refractivity contribution in [1.82, 2.24) is 14.5 Å². The Morgan fingerprint density at radius 1 is 1.09 bits per heavy atom. The topological polar surface area (TPSA) is 86.8 Å². The molecule has 11 heteroatoms. The zero-order valence-corrected chi connectivity index (χ0v) is 19.6. The van der Waals surface area contributed by atoms with Crippen molar-refractivity contribution >= 4 is 21.8 Å².